The first kappa shape index (κ1) is 24.1. The second-order valence-electron chi connectivity index (χ2n) is 10.4. The number of imidazole rings is 1. The molecule has 36 heavy (non-hydrogen) atoms. The van der Waals surface area contributed by atoms with Crippen molar-refractivity contribution in [2.24, 2.45) is 5.92 Å². The lowest BCUT2D eigenvalue weighted by Crippen LogP contribution is -2.43. The molecule has 2 aliphatic rings. The summed E-state index contributed by atoms with van der Waals surface area (Å²) < 4.78 is 51.5. The first-order chi connectivity index (χ1) is 17.0. The van der Waals surface area contributed by atoms with Crippen LogP contribution in [0.15, 0.2) is 29.0 Å². The lowest BCUT2D eigenvalue weighted by molar-refractivity contribution is -0.146. The van der Waals surface area contributed by atoms with Gasteiger partial charge in [0.05, 0.1) is 41.0 Å². The van der Waals surface area contributed by atoms with Gasteiger partial charge in [-0.1, -0.05) is 5.16 Å². The maximum atomic E-state index is 12.9. The van der Waals surface area contributed by atoms with Crippen molar-refractivity contribution in [3.63, 3.8) is 0 Å². The van der Waals surface area contributed by atoms with Crippen LogP contribution < -0.4 is 0 Å². The van der Waals surface area contributed by atoms with E-state index in [1.807, 2.05) is 16.7 Å². The van der Waals surface area contributed by atoms with Crippen molar-refractivity contribution in [1.82, 2.24) is 24.6 Å². The molecular weight excluding hydrogens is 477 g/mol. The van der Waals surface area contributed by atoms with Crippen molar-refractivity contribution in [2.45, 2.75) is 63.3 Å². The molecule has 2 fully saturated rings. The molecule has 2 aromatic heterocycles. The van der Waals surface area contributed by atoms with Crippen LogP contribution in [0.3, 0.4) is 0 Å². The van der Waals surface area contributed by atoms with E-state index in [-0.39, 0.29) is 18.4 Å². The summed E-state index contributed by atoms with van der Waals surface area (Å²) in [5.41, 5.74) is 0.614. The summed E-state index contributed by atoms with van der Waals surface area (Å²) >= 11 is 0. The van der Waals surface area contributed by atoms with Crippen molar-refractivity contribution in [1.29, 1.82) is 5.26 Å². The Morgan fingerprint density at radius 2 is 2.11 bits per heavy atom. The van der Waals surface area contributed by atoms with Gasteiger partial charge in [0, 0.05) is 13.1 Å². The van der Waals surface area contributed by atoms with Crippen LogP contribution in [0.4, 0.5) is 18.0 Å². The predicted octanol–water partition coefficient (Wildman–Crippen LogP) is 4.67. The zero-order chi connectivity index (χ0) is 25.7. The predicted molar refractivity (Wildman–Crippen MR) is 120 cm³/mol. The summed E-state index contributed by atoms with van der Waals surface area (Å²) in [5.74, 6) is -1.29. The largest absolute Gasteiger partial charge is 0.455 e. The Morgan fingerprint density at radius 1 is 1.31 bits per heavy atom. The standard InChI is InChI=1S/C24H25F3N6O3/c1-22(2,20-30-19(31-36-20)24(25,26)27)12-33-13-23(35-21(33)34)7-3-4-16(9-23)11-32-14-29-17-6-5-15(10-28)8-18(17)32/h5-6,8,14,16H,3-4,7,9,11-13H2,1-2H3/t16-,23-/m0/s1. The Hall–Kier alpha value is -3.62. The Kier molecular flexibility index (Phi) is 5.69. The molecule has 1 aromatic carbocycles. The van der Waals surface area contributed by atoms with Crippen molar-refractivity contribution >= 4 is 17.1 Å². The summed E-state index contributed by atoms with van der Waals surface area (Å²) in [5, 5.41) is 12.3. The van der Waals surface area contributed by atoms with Crippen LogP contribution in [0, 0.1) is 17.2 Å². The van der Waals surface area contributed by atoms with E-state index in [0.717, 1.165) is 23.9 Å². The molecule has 3 aromatic rings. The minimum Gasteiger partial charge on any atom is -0.441 e. The molecule has 0 bridgehead atoms. The third kappa shape index (κ3) is 4.50. The van der Waals surface area contributed by atoms with Crippen LogP contribution in [-0.4, -0.2) is 49.4 Å². The third-order valence-corrected chi connectivity index (χ3v) is 7.00. The van der Waals surface area contributed by atoms with Gasteiger partial charge in [-0.15, -0.1) is 0 Å². The molecule has 0 radical (unpaired) electrons. The van der Waals surface area contributed by atoms with Gasteiger partial charge in [0.15, 0.2) is 0 Å². The van der Waals surface area contributed by atoms with Gasteiger partial charge < -0.3 is 18.7 Å². The number of halogens is 3. The Bertz CT molecular complexity index is 1340. The van der Waals surface area contributed by atoms with Gasteiger partial charge in [-0.2, -0.15) is 23.4 Å². The number of hydrogen-bond donors (Lipinski definition) is 0. The number of carbonyl (C=O) groups excluding carboxylic acids is 1. The first-order valence-electron chi connectivity index (χ1n) is 11.7. The van der Waals surface area contributed by atoms with Gasteiger partial charge in [0.2, 0.25) is 5.89 Å². The zero-order valence-electron chi connectivity index (χ0n) is 19.9. The van der Waals surface area contributed by atoms with Crippen molar-refractivity contribution < 1.29 is 27.2 Å². The van der Waals surface area contributed by atoms with Crippen molar-refractivity contribution in [3.8, 4) is 6.07 Å². The fraction of sp³-hybridized carbons (Fsp3) is 0.542. The maximum absolute atomic E-state index is 12.9. The Morgan fingerprint density at radius 3 is 2.83 bits per heavy atom. The molecule has 1 aliphatic heterocycles. The number of rotatable bonds is 5. The summed E-state index contributed by atoms with van der Waals surface area (Å²) in [6.07, 6.45) is -0.217. The highest BCUT2D eigenvalue weighted by Gasteiger charge is 2.50. The molecule has 3 heterocycles. The number of amides is 1. The molecule has 1 amide bonds. The smallest absolute Gasteiger partial charge is 0.441 e. The number of hydrogen-bond acceptors (Lipinski definition) is 7. The molecule has 9 nitrogen and oxygen atoms in total. The molecule has 5 rings (SSSR count). The second kappa shape index (κ2) is 8.50. The Labute approximate surface area is 204 Å². The fourth-order valence-electron chi connectivity index (χ4n) is 5.36. The van der Waals surface area contributed by atoms with E-state index in [9.17, 15) is 23.2 Å². The topological polar surface area (TPSA) is 110 Å². The van der Waals surface area contributed by atoms with Crippen molar-refractivity contribution in [2.75, 3.05) is 13.1 Å². The van der Waals surface area contributed by atoms with Crippen LogP contribution in [0.25, 0.3) is 11.0 Å². The number of aromatic nitrogens is 4. The van der Waals surface area contributed by atoms with Crippen LogP contribution in [-0.2, 0) is 22.9 Å². The van der Waals surface area contributed by atoms with Crippen molar-refractivity contribution in [3.05, 3.63) is 41.8 Å². The van der Waals surface area contributed by atoms with Gasteiger partial charge >= 0.3 is 12.3 Å². The molecule has 1 spiro atoms. The molecule has 190 valence electrons. The highest BCUT2D eigenvalue weighted by atomic mass is 19.4. The summed E-state index contributed by atoms with van der Waals surface area (Å²) in [4.78, 5) is 22.3. The van der Waals surface area contributed by atoms with Gasteiger partial charge in [0.25, 0.3) is 5.82 Å². The number of carbonyl (C=O) groups is 1. The lowest BCUT2D eigenvalue weighted by Gasteiger charge is -2.36. The van der Waals surface area contributed by atoms with E-state index >= 15 is 0 Å². The molecule has 0 unspecified atom stereocenters. The number of benzene rings is 1. The number of fused-ring (bicyclic) bond motifs is 1. The summed E-state index contributed by atoms with van der Waals surface area (Å²) in [6, 6.07) is 7.54. The van der Waals surface area contributed by atoms with E-state index < -0.39 is 29.1 Å². The lowest BCUT2D eigenvalue weighted by atomic mass is 9.77. The number of alkyl halides is 3. The summed E-state index contributed by atoms with van der Waals surface area (Å²) in [7, 11) is 0. The molecule has 1 saturated heterocycles. The quantitative estimate of drug-likeness (QED) is 0.499. The average Bonchev–Trinajstić information content (AvgIpc) is 3.52. The number of nitriles is 1. The van der Waals surface area contributed by atoms with Gasteiger partial charge in [-0.25, -0.2) is 9.78 Å². The van der Waals surface area contributed by atoms with Crippen LogP contribution in [0.5, 0.6) is 0 Å². The molecule has 1 aliphatic carbocycles. The van der Waals surface area contributed by atoms with E-state index in [2.05, 4.69) is 21.2 Å². The zero-order valence-corrected chi connectivity index (χ0v) is 19.9. The highest BCUT2D eigenvalue weighted by molar-refractivity contribution is 5.77. The van der Waals surface area contributed by atoms with Crippen LogP contribution in [0.1, 0.15) is 56.8 Å². The number of ether oxygens (including phenoxy) is 1. The molecule has 12 heteroatoms. The minimum absolute atomic E-state index is 0.0842. The summed E-state index contributed by atoms with van der Waals surface area (Å²) in [6.45, 7) is 4.42. The SMILES string of the molecule is CC(C)(CN1C[C@@]2(CCC[C@H](Cn3cnc4ccc(C#N)cc43)C2)OC1=O)c1nc(C(F)(F)F)no1. The highest BCUT2D eigenvalue weighted by Crippen LogP contribution is 2.42. The molecular formula is C24H25F3N6O3. The fourth-order valence-corrected chi connectivity index (χ4v) is 5.36. The van der Waals surface area contributed by atoms with Gasteiger partial charge in [0.1, 0.15) is 5.60 Å². The van der Waals surface area contributed by atoms with Crippen LogP contribution in [0.2, 0.25) is 0 Å². The van der Waals surface area contributed by atoms with E-state index in [4.69, 9.17) is 9.26 Å². The van der Waals surface area contributed by atoms with E-state index in [1.165, 1.54) is 4.90 Å². The maximum Gasteiger partial charge on any atom is 0.455 e. The van der Waals surface area contributed by atoms with E-state index in [0.29, 0.717) is 31.5 Å². The second-order valence-corrected chi connectivity index (χ2v) is 10.4. The van der Waals surface area contributed by atoms with Gasteiger partial charge in [-0.05, 0) is 63.6 Å². The van der Waals surface area contributed by atoms with E-state index in [1.54, 1.807) is 26.2 Å². The minimum atomic E-state index is -4.71. The average molecular weight is 502 g/mol. The normalized spacial score (nSPS) is 22.8. The number of nitrogens with zero attached hydrogens (tertiary/aromatic N) is 6. The third-order valence-electron chi connectivity index (χ3n) is 7.00. The Balaban J connectivity index is 1.28. The monoisotopic (exact) mass is 502 g/mol. The molecule has 1 saturated carbocycles. The molecule has 0 N–H and O–H groups in total. The first-order valence-corrected chi connectivity index (χ1v) is 11.7. The molecule has 2 atom stereocenters. The van der Waals surface area contributed by atoms with Crippen LogP contribution >= 0.6 is 0 Å². The van der Waals surface area contributed by atoms with Gasteiger partial charge in [-0.3, -0.25) is 0 Å².